The fraction of sp³-hybridized carbons (Fsp3) is 0.375. The number of aryl methyl sites for hydroxylation is 2. The van der Waals surface area contributed by atoms with Gasteiger partial charge in [0.25, 0.3) is 0 Å². The summed E-state index contributed by atoms with van der Waals surface area (Å²) < 4.78 is 23.3. The Morgan fingerprint density at radius 2 is 2.00 bits per heavy atom. The van der Waals surface area contributed by atoms with Crippen LogP contribution in [0.4, 0.5) is 4.39 Å². The molecule has 0 radical (unpaired) electrons. The van der Waals surface area contributed by atoms with E-state index >= 15 is 0 Å². The van der Waals surface area contributed by atoms with Crippen molar-refractivity contribution in [1.29, 1.82) is 0 Å². The van der Waals surface area contributed by atoms with Crippen molar-refractivity contribution in [2.75, 3.05) is 20.2 Å². The summed E-state index contributed by atoms with van der Waals surface area (Å²) in [5.74, 6) is 0.908. The van der Waals surface area contributed by atoms with E-state index in [2.05, 4.69) is 5.16 Å². The second-order valence-electron chi connectivity index (χ2n) is 5.10. The predicted octanol–water partition coefficient (Wildman–Crippen LogP) is 2.51. The molecule has 5 nitrogen and oxygen atoms in total. The molecule has 0 bridgehead atoms. The number of halogens is 1. The quantitative estimate of drug-likeness (QED) is 0.823. The van der Waals surface area contributed by atoms with Crippen LogP contribution in [0.3, 0.4) is 0 Å². The molecule has 1 aromatic carbocycles. The van der Waals surface area contributed by atoms with Gasteiger partial charge in [-0.25, -0.2) is 4.39 Å². The molecule has 1 aromatic heterocycles. The third-order valence-electron chi connectivity index (χ3n) is 3.44. The molecule has 1 amide bonds. The highest BCUT2D eigenvalue weighted by Crippen LogP contribution is 2.14. The van der Waals surface area contributed by atoms with E-state index in [4.69, 9.17) is 9.26 Å². The van der Waals surface area contributed by atoms with Crippen molar-refractivity contribution in [3.8, 4) is 5.75 Å². The molecule has 0 spiro atoms. The number of amides is 1. The summed E-state index contributed by atoms with van der Waals surface area (Å²) >= 11 is 0. The molecule has 0 saturated heterocycles. The summed E-state index contributed by atoms with van der Waals surface area (Å²) in [5, 5.41) is 3.84. The number of carbonyl (C=O) groups excluding carboxylic acids is 1. The minimum Gasteiger partial charge on any atom is -0.492 e. The third-order valence-corrected chi connectivity index (χ3v) is 3.44. The fourth-order valence-electron chi connectivity index (χ4n) is 2.00. The van der Waals surface area contributed by atoms with Crippen LogP contribution in [-0.2, 0) is 11.2 Å². The number of aromatic nitrogens is 1. The van der Waals surface area contributed by atoms with Crippen LogP contribution in [0.5, 0.6) is 5.75 Å². The summed E-state index contributed by atoms with van der Waals surface area (Å²) in [6, 6.07) is 5.78. The van der Waals surface area contributed by atoms with Crippen molar-refractivity contribution in [2.45, 2.75) is 20.3 Å². The number of rotatable bonds is 6. The Hall–Kier alpha value is -2.37. The summed E-state index contributed by atoms with van der Waals surface area (Å²) in [4.78, 5) is 13.7. The van der Waals surface area contributed by atoms with Crippen LogP contribution in [-0.4, -0.2) is 36.2 Å². The number of benzene rings is 1. The van der Waals surface area contributed by atoms with E-state index in [0.29, 0.717) is 24.7 Å². The molecule has 0 unspecified atom stereocenters. The van der Waals surface area contributed by atoms with Gasteiger partial charge in [-0.2, -0.15) is 0 Å². The summed E-state index contributed by atoms with van der Waals surface area (Å²) in [7, 11) is 1.72. The molecule has 6 heteroatoms. The zero-order chi connectivity index (χ0) is 16.1. The average molecular weight is 306 g/mol. The number of carbonyl (C=O) groups is 1. The molecule has 1 heterocycles. The van der Waals surface area contributed by atoms with Crippen molar-refractivity contribution in [2.24, 2.45) is 0 Å². The Morgan fingerprint density at radius 1 is 1.32 bits per heavy atom. The van der Waals surface area contributed by atoms with Crippen molar-refractivity contribution in [1.82, 2.24) is 10.1 Å². The minimum atomic E-state index is -0.306. The van der Waals surface area contributed by atoms with E-state index in [1.165, 1.54) is 12.1 Å². The number of hydrogen-bond donors (Lipinski definition) is 0. The third kappa shape index (κ3) is 4.07. The molecule has 0 saturated carbocycles. The van der Waals surface area contributed by atoms with Crippen LogP contribution in [0.25, 0.3) is 0 Å². The maximum atomic E-state index is 12.8. The van der Waals surface area contributed by atoms with Gasteiger partial charge in [-0.15, -0.1) is 0 Å². The number of ether oxygens (including phenoxy) is 1. The highest BCUT2D eigenvalue weighted by Gasteiger charge is 2.16. The standard InChI is InChI=1S/C16H19FN2O3/c1-11-15(12(2)22-18-11)10-16(20)19(3)8-9-21-14-6-4-13(17)5-7-14/h4-7H,8-10H2,1-3H3. The van der Waals surface area contributed by atoms with Crippen molar-refractivity contribution in [3.63, 3.8) is 0 Å². The number of hydrogen-bond acceptors (Lipinski definition) is 4. The summed E-state index contributed by atoms with van der Waals surface area (Å²) in [5.41, 5.74) is 1.57. The molecule has 0 aliphatic rings. The molecule has 2 aromatic rings. The zero-order valence-corrected chi connectivity index (χ0v) is 12.9. The molecule has 0 fully saturated rings. The Bertz CT molecular complexity index is 618. The second-order valence-corrected chi connectivity index (χ2v) is 5.10. The van der Waals surface area contributed by atoms with E-state index in [-0.39, 0.29) is 18.1 Å². The fourth-order valence-corrected chi connectivity index (χ4v) is 2.00. The molecule has 0 aliphatic carbocycles. The average Bonchev–Trinajstić information content (AvgIpc) is 2.81. The van der Waals surface area contributed by atoms with Crippen LogP contribution < -0.4 is 4.74 Å². The highest BCUT2D eigenvalue weighted by molar-refractivity contribution is 5.78. The maximum Gasteiger partial charge on any atom is 0.227 e. The van der Waals surface area contributed by atoms with Gasteiger partial charge in [0.15, 0.2) is 0 Å². The van der Waals surface area contributed by atoms with E-state index in [1.807, 2.05) is 6.92 Å². The largest absolute Gasteiger partial charge is 0.492 e. The molecular weight excluding hydrogens is 287 g/mol. The molecule has 0 aliphatic heterocycles. The highest BCUT2D eigenvalue weighted by atomic mass is 19.1. The lowest BCUT2D eigenvalue weighted by molar-refractivity contribution is -0.129. The van der Waals surface area contributed by atoms with Gasteiger partial charge in [-0.3, -0.25) is 4.79 Å². The van der Waals surface area contributed by atoms with Crippen LogP contribution in [0.2, 0.25) is 0 Å². The molecular formula is C16H19FN2O3. The van der Waals surface area contributed by atoms with Gasteiger partial charge < -0.3 is 14.2 Å². The van der Waals surface area contributed by atoms with Crippen LogP contribution in [0, 0.1) is 19.7 Å². The molecule has 118 valence electrons. The summed E-state index contributed by atoms with van der Waals surface area (Å²) in [6.45, 7) is 4.39. The lowest BCUT2D eigenvalue weighted by Gasteiger charge is -2.17. The smallest absolute Gasteiger partial charge is 0.227 e. The van der Waals surface area contributed by atoms with E-state index in [0.717, 1.165) is 11.3 Å². The first kappa shape index (κ1) is 16.0. The predicted molar refractivity (Wildman–Crippen MR) is 79.2 cm³/mol. The SMILES string of the molecule is Cc1noc(C)c1CC(=O)N(C)CCOc1ccc(F)cc1. The van der Waals surface area contributed by atoms with E-state index < -0.39 is 0 Å². The Balaban J connectivity index is 1.80. The molecule has 0 atom stereocenters. The van der Waals surface area contributed by atoms with Gasteiger partial charge in [0.2, 0.25) is 5.91 Å². The Morgan fingerprint density at radius 3 is 2.59 bits per heavy atom. The van der Waals surface area contributed by atoms with Gasteiger partial charge in [0.05, 0.1) is 18.7 Å². The van der Waals surface area contributed by atoms with Crippen molar-refractivity contribution >= 4 is 5.91 Å². The van der Waals surface area contributed by atoms with Gasteiger partial charge in [0, 0.05) is 12.6 Å². The van der Waals surface area contributed by atoms with Crippen LogP contribution in [0.1, 0.15) is 17.0 Å². The lowest BCUT2D eigenvalue weighted by Crippen LogP contribution is -2.32. The van der Waals surface area contributed by atoms with Crippen LogP contribution in [0.15, 0.2) is 28.8 Å². The maximum absolute atomic E-state index is 12.8. The normalized spacial score (nSPS) is 10.5. The first-order valence-electron chi connectivity index (χ1n) is 7.01. The first-order chi connectivity index (χ1) is 10.5. The van der Waals surface area contributed by atoms with Gasteiger partial charge in [0.1, 0.15) is 23.9 Å². The van der Waals surface area contributed by atoms with Gasteiger partial charge in [-0.05, 0) is 38.1 Å². The monoisotopic (exact) mass is 306 g/mol. The Labute approximate surface area is 128 Å². The lowest BCUT2D eigenvalue weighted by atomic mass is 10.1. The topological polar surface area (TPSA) is 55.6 Å². The second kappa shape index (κ2) is 7.06. The van der Waals surface area contributed by atoms with E-state index in [1.54, 1.807) is 31.0 Å². The zero-order valence-electron chi connectivity index (χ0n) is 12.9. The van der Waals surface area contributed by atoms with Crippen molar-refractivity contribution < 1.29 is 18.4 Å². The van der Waals surface area contributed by atoms with Gasteiger partial charge >= 0.3 is 0 Å². The van der Waals surface area contributed by atoms with Crippen molar-refractivity contribution in [3.05, 3.63) is 47.1 Å². The molecule has 2 rings (SSSR count). The molecule has 22 heavy (non-hydrogen) atoms. The Kier molecular flexibility index (Phi) is 5.14. The molecule has 0 N–H and O–H groups in total. The summed E-state index contributed by atoms with van der Waals surface area (Å²) in [6.07, 6.45) is 0.258. The van der Waals surface area contributed by atoms with Crippen LogP contribution >= 0.6 is 0 Å². The first-order valence-corrected chi connectivity index (χ1v) is 7.01. The van der Waals surface area contributed by atoms with E-state index in [9.17, 15) is 9.18 Å². The van der Waals surface area contributed by atoms with Gasteiger partial charge in [-0.1, -0.05) is 5.16 Å². The number of likely N-dealkylation sites (N-methyl/N-ethyl adjacent to an activating group) is 1. The number of nitrogens with zero attached hydrogens (tertiary/aromatic N) is 2. The minimum absolute atomic E-state index is 0.0305.